The van der Waals surface area contributed by atoms with E-state index in [1.165, 1.54) is 0 Å². The Bertz CT molecular complexity index is 916. The molecule has 0 radical (unpaired) electrons. The van der Waals surface area contributed by atoms with E-state index >= 15 is 0 Å². The molecule has 20 nitrogen and oxygen atoms in total. The quantitative estimate of drug-likeness (QED) is 0.0801. The van der Waals surface area contributed by atoms with Gasteiger partial charge in [0.05, 0.1) is 19.8 Å². The van der Waals surface area contributed by atoms with E-state index in [0.29, 0.717) is 6.92 Å². The van der Waals surface area contributed by atoms with Gasteiger partial charge >= 0.3 is 11.9 Å². The zero-order valence-electron chi connectivity index (χ0n) is 21.9. The Morgan fingerprint density at radius 1 is 0.714 bits per heavy atom. The van der Waals surface area contributed by atoms with Gasteiger partial charge in [-0.15, -0.1) is 0 Å². The molecule has 2 fully saturated rings. The van der Waals surface area contributed by atoms with Crippen LogP contribution in [0.2, 0.25) is 0 Å². The van der Waals surface area contributed by atoms with Gasteiger partial charge in [-0.3, -0.25) is 14.4 Å². The predicted molar refractivity (Wildman–Crippen MR) is 125 cm³/mol. The Balaban J connectivity index is 2.01. The Kier molecular flexibility index (Phi) is 12.6. The lowest BCUT2D eigenvalue weighted by Crippen LogP contribution is -2.62. The van der Waals surface area contributed by atoms with Crippen molar-refractivity contribution in [3.05, 3.63) is 0 Å². The molecule has 42 heavy (non-hydrogen) atoms. The number of carbonyl (C=O) groups is 3. The average Bonchev–Trinajstić information content (AvgIpc) is 2.96. The van der Waals surface area contributed by atoms with Crippen LogP contribution in [0.1, 0.15) is 6.92 Å². The number of Topliss-reactive ketones (excluding diaryl/α,β-unsaturated/α-hetero) is 1. The van der Waals surface area contributed by atoms with E-state index in [0.717, 1.165) is 0 Å². The molecule has 13 N–H and O–H groups in total. The molecule has 2 rings (SSSR count). The van der Waals surface area contributed by atoms with E-state index < -0.39 is 129 Å². The van der Waals surface area contributed by atoms with Crippen LogP contribution >= 0.6 is 0 Å². The molecule has 0 aliphatic carbocycles. The van der Waals surface area contributed by atoms with Crippen LogP contribution in [0, 0.1) is 5.41 Å². The van der Waals surface area contributed by atoms with Crippen LogP contribution in [0.3, 0.4) is 0 Å². The highest BCUT2D eigenvalue weighted by Crippen LogP contribution is 2.27. The van der Waals surface area contributed by atoms with Crippen LogP contribution in [0.25, 0.3) is 0 Å². The van der Waals surface area contributed by atoms with Crippen LogP contribution in [-0.2, 0) is 33.3 Å². The summed E-state index contributed by atoms with van der Waals surface area (Å²) in [6.45, 7) is -2.10. The van der Waals surface area contributed by atoms with Gasteiger partial charge in [-0.05, 0) is 6.92 Å². The molecule has 2 aliphatic heterocycles. The fourth-order valence-electron chi connectivity index (χ4n) is 4.05. The Labute approximate surface area is 236 Å². The minimum absolute atomic E-state index is 0.432. The maximum atomic E-state index is 12.3. The van der Waals surface area contributed by atoms with Gasteiger partial charge in [-0.25, -0.2) is 0 Å². The maximum absolute atomic E-state index is 12.3. The summed E-state index contributed by atoms with van der Waals surface area (Å²) in [5.74, 6) is -6.29. The van der Waals surface area contributed by atoms with Gasteiger partial charge in [0.1, 0.15) is 73.2 Å². The van der Waals surface area contributed by atoms with Gasteiger partial charge in [0.25, 0.3) is 0 Å². The molecule has 0 unspecified atom stereocenters. The van der Waals surface area contributed by atoms with Gasteiger partial charge in [0.15, 0.2) is 18.4 Å². The monoisotopic (exact) mass is 620 g/mol. The summed E-state index contributed by atoms with van der Waals surface area (Å²) in [4.78, 5) is 34.8. The van der Waals surface area contributed by atoms with Crippen LogP contribution in [0.15, 0.2) is 0 Å². The van der Waals surface area contributed by atoms with Gasteiger partial charge in [0, 0.05) is 0 Å². The second-order valence-electron chi connectivity index (χ2n) is 9.97. The van der Waals surface area contributed by atoms with Crippen molar-refractivity contribution >= 4 is 17.7 Å². The second kappa shape index (κ2) is 14.7. The molecule has 0 aromatic heterocycles. The third-order valence-corrected chi connectivity index (χ3v) is 7.06. The number of rotatable bonds is 14. The molecule has 2 saturated heterocycles. The minimum atomic E-state index is -3.22. The first-order chi connectivity index (χ1) is 19.4. The molecule has 244 valence electrons. The molecule has 0 spiro atoms. The average molecular weight is 621 g/mol. The van der Waals surface area contributed by atoms with Crippen LogP contribution in [-0.4, -0.2) is 190 Å². The first-order valence-corrected chi connectivity index (χ1v) is 12.4. The van der Waals surface area contributed by atoms with Gasteiger partial charge in [-0.1, -0.05) is 0 Å². The third kappa shape index (κ3) is 7.38. The SMILES string of the molecule is CC(C(=O)O)(C(=O)O)C(=O)[C@H](O)[C@@H](O)[C@H](O)[C@H](O)CO[C@H]1O[C@H](CO[C@H]2O[C@H](CO)[C@@H](O)[C@H](O)[C@H]2O)[C@@H](O)[C@H](O)[C@H]1O. The van der Waals surface area contributed by atoms with E-state index in [-0.39, 0.29) is 0 Å². The number of ketones is 1. The van der Waals surface area contributed by atoms with Crippen molar-refractivity contribution in [2.75, 3.05) is 19.8 Å². The number of hydrogen-bond donors (Lipinski definition) is 13. The van der Waals surface area contributed by atoms with Gasteiger partial charge < -0.3 is 85.3 Å². The zero-order chi connectivity index (χ0) is 32.3. The summed E-state index contributed by atoms with van der Waals surface area (Å²) in [7, 11) is 0. The van der Waals surface area contributed by atoms with Crippen molar-refractivity contribution < 1.29 is 99.7 Å². The van der Waals surface area contributed by atoms with Gasteiger partial charge in [-0.2, -0.15) is 0 Å². The van der Waals surface area contributed by atoms with Crippen LogP contribution in [0.5, 0.6) is 0 Å². The Morgan fingerprint density at radius 2 is 1.17 bits per heavy atom. The lowest BCUT2D eigenvalue weighted by Gasteiger charge is -2.42. The highest BCUT2D eigenvalue weighted by Gasteiger charge is 2.54. The number of aliphatic hydroxyl groups is 11. The highest BCUT2D eigenvalue weighted by molar-refractivity contribution is 6.20. The van der Waals surface area contributed by atoms with Gasteiger partial charge in [0.2, 0.25) is 5.41 Å². The zero-order valence-corrected chi connectivity index (χ0v) is 21.9. The topological polar surface area (TPSA) is 351 Å². The number of carboxylic acids is 2. The van der Waals surface area contributed by atoms with E-state index in [2.05, 4.69) is 0 Å². The molecular formula is C22H36O20. The molecule has 0 amide bonds. The molecule has 20 heteroatoms. The van der Waals surface area contributed by atoms with Crippen LogP contribution in [0.4, 0.5) is 0 Å². The predicted octanol–water partition coefficient (Wildman–Crippen LogP) is -8.18. The summed E-state index contributed by atoms with van der Waals surface area (Å²) >= 11 is 0. The van der Waals surface area contributed by atoms with Crippen molar-refractivity contribution in [2.45, 2.75) is 92.8 Å². The van der Waals surface area contributed by atoms with Crippen molar-refractivity contribution in [2.24, 2.45) is 5.41 Å². The minimum Gasteiger partial charge on any atom is -0.480 e. The molecule has 0 aromatic carbocycles. The summed E-state index contributed by atoms with van der Waals surface area (Å²) in [5, 5.41) is 128. The van der Waals surface area contributed by atoms with E-state index in [1.54, 1.807) is 0 Å². The maximum Gasteiger partial charge on any atom is 0.328 e. The number of carbonyl (C=O) groups excluding carboxylic acids is 1. The van der Waals surface area contributed by atoms with Crippen LogP contribution < -0.4 is 0 Å². The number of carboxylic acid groups (broad SMARTS) is 2. The van der Waals surface area contributed by atoms with E-state index in [1.807, 2.05) is 0 Å². The first kappa shape index (κ1) is 36.2. The smallest absolute Gasteiger partial charge is 0.328 e. The molecule has 0 saturated carbocycles. The summed E-state index contributed by atoms with van der Waals surface area (Å²) in [5.41, 5.74) is -3.22. The summed E-state index contributed by atoms with van der Waals surface area (Å²) in [6, 6.07) is 0. The van der Waals surface area contributed by atoms with E-state index in [4.69, 9.17) is 29.2 Å². The third-order valence-electron chi connectivity index (χ3n) is 7.06. The summed E-state index contributed by atoms with van der Waals surface area (Å²) < 4.78 is 20.7. The second-order valence-corrected chi connectivity index (χ2v) is 9.97. The standard InChI is InChI=1S/C22H36O20/c1-22(20(35)36,21(37)38)17(34)14(31)11(28)8(25)5(24)3-39-18-16(33)13(30)10(27)7(42-18)4-40-19-15(32)12(29)9(26)6(2-23)41-19/h5-16,18-19,23-33H,2-4H2,1H3,(H,35,36)(H,37,38)/t5-,6-,7-,8-,9-,10-,11+,12+,13+,14-,15-,16-,18+,19+/m1/s1. The fourth-order valence-corrected chi connectivity index (χ4v) is 4.05. The molecule has 2 heterocycles. The molecule has 0 aromatic rings. The van der Waals surface area contributed by atoms with Crippen molar-refractivity contribution in [3.63, 3.8) is 0 Å². The summed E-state index contributed by atoms with van der Waals surface area (Å²) in [6.07, 6.45) is -27.6. The molecule has 2 aliphatic rings. The lowest BCUT2D eigenvalue weighted by atomic mass is 9.80. The van der Waals surface area contributed by atoms with Crippen molar-refractivity contribution in [1.29, 1.82) is 0 Å². The first-order valence-electron chi connectivity index (χ1n) is 12.4. The molecule has 14 atom stereocenters. The molecular weight excluding hydrogens is 584 g/mol. The number of hydrogen-bond acceptors (Lipinski definition) is 18. The lowest BCUT2D eigenvalue weighted by molar-refractivity contribution is -0.333. The number of ether oxygens (including phenoxy) is 4. The van der Waals surface area contributed by atoms with Crippen molar-refractivity contribution in [3.8, 4) is 0 Å². The number of aliphatic carboxylic acids is 2. The highest BCUT2D eigenvalue weighted by atomic mass is 16.7. The van der Waals surface area contributed by atoms with E-state index in [9.17, 15) is 70.6 Å². The fraction of sp³-hybridized carbons (Fsp3) is 0.864. The Hall–Kier alpha value is -1.99. The normalized spacial score (nSPS) is 37.0. The van der Waals surface area contributed by atoms with Crippen molar-refractivity contribution in [1.82, 2.24) is 0 Å². The largest absolute Gasteiger partial charge is 0.480 e. The Morgan fingerprint density at radius 3 is 1.64 bits per heavy atom. The molecule has 0 bridgehead atoms. The number of aliphatic hydroxyl groups excluding tert-OH is 11.